The largest absolute Gasteiger partial charge is 0.442 e. The topological polar surface area (TPSA) is 67.8 Å². The quantitative estimate of drug-likeness (QED) is 0.746. The molecular weight excluding hydrogens is 222 g/mol. The second-order valence-electron chi connectivity index (χ2n) is 6.16. The Balaban J connectivity index is 3.95. The number of nitrogens with one attached hydrogen (secondary N) is 1. The van der Waals surface area contributed by atoms with E-state index in [4.69, 9.17) is 9.57 Å². The fourth-order valence-electron chi connectivity index (χ4n) is 1.08. The summed E-state index contributed by atoms with van der Waals surface area (Å²) in [6, 6.07) is 0. The van der Waals surface area contributed by atoms with Crippen LogP contribution < -0.4 is 5.48 Å². The molecule has 102 valence electrons. The molecule has 0 aromatic rings. The number of rotatable bonds is 4. The molecule has 1 atom stereocenters. The first kappa shape index (κ1) is 16.2. The van der Waals surface area contributed by atoms with Crippen molar-refractivity contribution < 1.29 is 19.5 Å². The van der Waals surface area contributed by atoms with E-state index in [0.29, 0.717) is 0 Å². The highest BCUT2D eigenvalue weighted by Crippen LogP contribution is 2.25. The van der Waals surface area contributed by atoms with Crippen LogP contribution in [0.5, 0.6) is 0 Å². The average molecular weight is 247 g/mol. The zero-order valence-electron chi connectivity index (χ0n) is 11.7. The smallest absolute Gasteiger partial charge is 0.431 e. The molecule has 0 rings (SSSR count). The Morgan fingerprint density at radius 2 is 1.76 bits per heavy atom. The third kappa shape index (κ3) is 7.99. The van der Waals surface area contributed by atoms with Gasteiger partial charge in [-0.25, -0.2) is 4.79 Å². The van der Waals surface area contributed by atoms with Crippen molar-refractivity contribution in [1.82, 2.24) is 5.48 Å². The lowest BCUT2D eigenvalue weighted by atomic mass is 9.82. The number of hydroxylamine groups is 1. The molecule has 0 fully saturated rings. The lowest BCUT2D eigenvalue weighted by Crippen LogP contribution is -2.36. The molecule has 0 aromatic carbocycles. The number of ether oxygens (including phenoxy) is 1. The Hall–Kier alpha value is -0.810. The van der Waals surface area contributed by atoms with Crippen molar-refractivity contribution in [2.24, 2.45) is 11.3 Å². The van der Waals surface area contributed by atoms with Crippen molar-refractivity contribution in [3.8, 4) is 0 Å². The van der Waals surface area contributed by atoms with Gasteiger partial charge in [-0.05, 0) is 26.2 Å². The fraction of sp³-hybridized carbons (Fsp3) is 0.917. The summed E-state index contributed by atoms with van der Waals surface area (Å²) in [5.74, 6) is -0.0440. The van der Waals surface area contributed by atoms with Crippen molar-refractivity contribution in [2.45, 2.75) is 47.1 Å². The van der Waals surface area contributed by atoms with Gasteiger partial charge in [-0.15, -0.1) is 0 Å². The van der Waals surface area contributed by atoms with E-state index in [1.54, 1.807) is 20.8 Å². The molecule has 0 bridgehead atoms. The minimum absolute atomic E-state index is 0.0134. The van der Waals surface area contributed by atoms with Crippen LogP contribution in [0.25, 0.3) is 0 Å². The first-order valence-corrected chi connectivity index (χ1v) is 5.78. The van der Waals surface area contributed by atoms with Gasteiger partial charge in [0.15, 0.2) is 0 Å². The van der Waals surface area contributed by atoms with Gasteiger partial charge in [0.2, 0.25) is 0 Å². The van der Waals surface area contributed by atoms with Crippen LogP contribution in [0.2, 0.25) is 0 Å². The molecule has 0 saturated carbocycles. The van der Waals surface area contributed by atoms with Crippen molar-refractivity contribution in [1.29, 1.82) is 0 Å². The van der Waals surface area contributed by atoms with Gasteiger partial charge in [0.05, 0.1) is 6.61 Å². The summed E-state index contributed by atoms with van der Waals surface area (Å²) in [5, 5.41) is 9.19. The molecule has 5 nitrogen and oxygen atoms in total. The molecule has 1 unspecified atom stereocenters. The summed E-state index contributed by atoms with van der Waals surface area (Å²) in [5.41, 5.74) is 1.58. The molecule has 5 heteroatoms. The van der Waals surface area contributed by atoms with Crippen molar-refractivity contribution in [3.05, 3.63) is 0 Å². The molecule has 0 saturated heterocycles. The van der Waals surface area contributed by atoms with Gasteiger partial charge < -0.3 is 9.84 Å². The van der Waals surface area contributed by atoms with Gasteiger partial charge in [-0.3, -0.25) is 4.84 Å². The number of carbonyl (C=O) groups is 1. The number of amides is 1. The summed E-state index contributed by atoms with van der Waals surface area (Å²) in [6.07, 6.45) is -0.622. The van der Waals surface area contributed by atoms with Crippen LogP contribution in [-0.4, -0.2) is 30.0 Å². The molecule has 0 radical (unpaired) electrons. The Kier molecular flexibility index (Phi) is 5.92. The van der Waals surface area contributed by atoms with Gasteiger partial charge in [0, 0.05) is 12.5 Å². The maximum absolute atomic E-state index is 11.3. The normalized spacial score (nSPS) is 14.3. The first-order chi connectivity index (χ1) is 7.56. The maximum Gasteiger partial charge on any atom is 0.431 e. The summed E-state index contributed by atoms with van der Waals surface area (Å²) in [7, 11) is 0. The Bertz CT molecular complexity index is 240. The van der Waals surface area contributed by atoms with E-state index in [-0.39, 0.29) is 24.5 Å². The summed E-state index contributed by atoms with van der Waals surface area (Å²) in [4.78, 5) is 16.3. The van der Waals surface area contributed by atoms with E-state index >= 15 is 0 Å². The van der Waals surface area contributed by atoms with E-state index in [0.717, 1.165) is 0 Å². The molecule has 0 aromatic heterocycles. The number of carbonyl (C=O) groups excluding carboxylic acids is 1. The van der Waals surface area contributed by atoms with Crippen LogP contribution in [0.3, 0.4) is 0 Å². The van der Waals surface area contributed by atoms with Crippen LogP contribution >= 0.6 is 0 Å². The number of hydrogen-bond donors (Lipinski definition) is 2. The molecule has 0 heterocycles. The second-order valence-corrected chi connectivity index (χ2v) is 6.16. The van der Waals surface area contributed by atoms with Crippen LogP contribution in [-0.2, 0) is 9.57 Å². The van der Waals surface area contributed by atoms with E-state index < -0.39 is 11.7 Å². The van der Waals surface area contributed by atoms with E-state index in [1.165, 1.54) is 0 Å². The van der Waals surface area contributed by atoms with Crippen LogP contribution in [0.4, 0.5) is 4.79 Å². The van der Waals surface area contributed by atoms with Crippen molar-refractivity contribution in [3.63, 3.8) is 0 Å². The fourth-order valence-corrected chi connectivity index (χ4v) is 1.08. The molecule has 2 N–H and O–H groups in total. The van der Waals surface area contributed by atoms with Gasteiger partial charge >= 0.3 is 6.09 Å². The third-order valence-corrected chi connectivity index (χ3v) is 2.28. The molecule has 0 spiro atoms. The number of hydrogen-bond acceptors (Lipinski definition) is 4. The van der Waals surface area contributed by atoms with Gasteiger partial charge in [0.25, 0.3) is 0 Å². The van der Waals surface area contributed by atoms with E-state index in [2.05, 4.69) is 5.48 Å². The Labute approximate surface area is 103 Å². The predicted molar refractivity (Wildman–Crippen MR) is 65.4 cm³/mol. The molecular formula is C12H25NO4. The van der Waals surface area contributed by atoms with Gasteiger partial charge in [-0.2, -0.15) is 5.48 Å². The van der Waals surface area contributed by atoms with Gasteiger partial charge in [-0.1, -0.05) is 20.8 Å². The lowest BCUT2D eigenvalue weighted by Gasteiger charge is -2.28. The number of aliphatic hydroxyl groups is 1. The van der Waals surface area contributed by atoms with Crippen LogP contribution in [0.1, 0.15) is 41.5 Å². The third-order valence-electron chi connectivity index (χ3n) is 2.28. The molecule has 1 amide bonds. The lowest BCUT2D eigenvalue weighted by molar-refractivity contribution is -0.0405. The van der Waals surface area contributed by atoms with Crippen molar-refractivity contribution in [2.75, 3.05) is 13.2 Å². The zero-order chi connectivity index (χ0) is 13.7. The predicted octanol–water partition coefficient (Wildman–Crippen LogP) is 2.10. The summed E-state index contributed by atoms with van der Waals surface area (Å²) >= 11 is 0. The number of aliphatic hydroxyl groups excluding tert-OH is 1. The highest BCUT2D eigenvalue weighted by atomic mass is 16.7. The average Bonchev–Trinajstić information content (AvgIpc) is 2.07. The maximum atomic E-state index is 11.3. The van der Waals surface area contributed by atoms with Crippen LogP contribution in [0.15, 0.2) is 0 Å². The van der Waals surface area contributed by atoms with E-state index in [1.807, 2.05) is 20.8 Å². The minimum Gasteiger partial charge on any atom is -0.442 e. The molecule has 0 aliphatic heterocycles. The standard InChI is InChI=1S/C12H25NO4/c1-11(2,3)9(7-14)8-16-13-10(15)17-12(4,5)6/h9,14H,7-8H2,1-6H3,(H,13,15). The van der Waals surface area contributed by atoms with Crippen LogP contribution in [0, 0.1) is 11.3 Å². The van der Waals surface area contributed by atoms with Crippen molar-refractivity contribution >= 4 is 6.09 Å². The second kappa shape index (κ2) is 6.21. The summed E-state index contributed by atoms with van der Waals surface area (Å²) in [6.45, 7) is 11.6. The monoisotopic (exact) mass is 247 g/mol. The molecule has 0 aliphatic rings. The summed E-state index contributed by atoms with van der Waals surface area (Å²) < 4.78 is 5.00. The Morgan fingerprint density at radius 3 is 2.12 bits per heavy atom. The highest BCUT2D eigenvalue weighted by Gasteiger charge is 2.24. The first-order valence-electron chi connectivity index (χ1n) is 5.78. The van der Waals surface area contributed by atoms with E-state index in [9.17, 15) is 9.90 Å². The zero-order valence-corrected chi connectivity index (χ0v) is 11.7. The SMILES string of the molecule is CC(C)(C)OC(=O)NOCC(CO)C(C)(C)C. The Morgan fingerprint density at radius 1 is 1.24 bits per heavy atom. The molecule has 0 aliphatic carbocycles. The van der Waals surface area contributed by atoms with Gasteiger partial charge in [0.1, 0.15) is 5.60 Å². The minimum atomic E-state index is -0.622. The highest BCUT2D eigenvalue weighted by molar-refractivity contribution is 5.66. The molecule has 17 heavy (non-hydrogen) atoms.